The molecule has 3 aromatic rings. The molecule has 10 heteroatoms. The van der Waals surface area contributed by atoms with Crippen LogP contribution < -0.4 is 15.0 Å². The Balaban J connectivity index is 1.29. The highest BCUT2D eigenvalue weighted by atomic mass is 35.5. The van der Waals surface area contributed by atoms with Crippen molar-refractivity contribution >= 4 is 23.2 Å². The monoisotopic (exact) mass is 507 g/mol. The largest absolute Gasteiger partial charge is 0.495 e. The predicted octanol–water partition coefficient (Wildman–Crippen LogP) is 5.21. The molecule has 0 aliphatic carbocycles. The number of hydrogen-bond donors (Lipinski definition) is 1. The van der Waals surface area contributed by atoms with Gasteiger partial charge in [0.15, 0.2) is 5.76 Å². The van der Waals surface area contributed by atoms with Gasteiger partial charge < -0.3 is 19.4 Å². The molecule has 1 aliphatic heterocycles. The summed E-state index contributed by atoms with van der Waals surface area (Å²) in [6.07, 6.45) is -4.43. The standard InChI is InChI=1S/C25H25ClF3N3O3/c1-34-22-7-5-19(26)14-21(22)32-11-9-31(10-12-32)16-20-6-8-23(35-20)24(33)30-15-17-3-2-4-18(13-17)25(27,28)29/h2-8,13-14H,9-12,15-16H2,1H3,(H,30,33). The second-order valence-corrected chi connectivity index (χ2v) is 8.66. The van der Waals surface area contributed by atoms with Gasteiger partial charge in [-0.15, -0.1) is 0 Å². The lowest BCUT2D eigenvalue weighted by Crippen LogP contribution is -2.46. The molecule has 0 atom stereocenters. The van der Waals surface area contributed by atoms with Crippen molar-refractivity contribution in [1.29, 1.82) is 0 Å². The predicted molar refractivity (Wildman–Crippen MR) is 127 cm³/mol. The summed E-state index contributed by atoms with van der Waals surface area (Å²) in [7, 11) is 1.63. The molecule has 4 rings (SSSR count). The molecule has 2 heterocycles. The van der Waals surface area contributed by atoms with E-state index >= 15 is 0 Å². The maximum Gasteiger partial charge on any atom is 0.416 e. The van der Waals surface area contributed by atoms with E-state index in [1.807, 2.05) is 12.1 Å². The van der Waals surface area contributed by atoms with E-state index in [1.54, 1.807) is 25.3 Å². The van der Waals surface area contributed by atoms with Crippen LogP contribution in [0.2, 0.25) is 5.02 Å². The summed E-state index contributed by atoms with van der Waals surface area (Å²) >= 11 is 6.16. The topological polar surface area (TPSA) is 58.0 Å². The number of carbonyl (C=O) groups is 1. The third kappa shape index (κ3) is 6.29. The molecule has 1 saturated heterocycles. The molecule has 1 aromatic heterocycles. The van der Waals surface area contributed by atoms with E-state index in [0.29, 0.717) is 22.9 Å². The fraction of sp³-hybridized carbons (Fsp3) is 0.320. The van der Waals surface area contributed by atoms with Gasteiger partial charge >= 0.3 is 6.18 Å². The number of halogens is 4. The molecule has 0 unspecified atom stereocenters. The first-order valence-electron chi connectivity index (χ1n) is 11.1. The fourth-order valence-electron chi connectivity index (χ4n) is 3.99. The molecule has 1 aliphatic rings. The Morgan fingerprint density at radius 3 is 2.57 bits per heavy atom. The second-order valence-electron chi connectivity index (χ2n) is 8.23. The van der Waals surface area contributed by atoms with Crippen molar-refractivity contribution in [3.63, 3.8) is 0 Å². The molecule has 35 heavy (non-hydrogen) atoms. The molecule has 1 N–H and O–H groups in total. The van der Waals surface area contributed by atoms with E-state index in [0.717, 1.165) is 49.7 Å². The molecule has 6 nitrogen and oxygen atoms in total. The number of amides is 1. The van der Waals surface area contributed by atoms with Crippen molar-refractivity contribution in [2.75, 3.05) is 38.2 Å². The van der Waals surface area contributed by atoms with Crippen molar-refractivity contribution in [3.8, 4) is 5.75 Å². The molecular weight excluding hydrogens is 483 g/mol. The van der Waals surface area contributed by atoms with Crippen molar-refractivity contribution in [3.05, 3.63) is 82.3 Å². The van der Waals surface area contributed by atoms with E-state index in [9.17, 15) is 18.0 Å². The fourth-order valence-corrected chi connectivity index (χ4v) is 4.16. The van der Waals surface area contributed by atoms with Crippen molar-refractivity contribution in [2.45, 2.75) is 19.3 Å². The number of carbonyl (C=O) groups excluding carboxylic acids is 1. The van der Waals surface area contributed by atoms with Crippen LogP contribution in [0.3, 0.4) is 0 Å². The number of nitrogens with zero attached hydrogens (tertiary/aromatic N) is 2. The summed E-state index contributed by atoms with van der Waals surface area (Å²) in [6.45, 7) is 3.64. The number of hydrogen-bond acceptors (Lipinski definition) is 5. The third-order valence-electron chi connectivity index (χ3n) is 5.83. The van der Waals surface area contributed by atoms with Gasteiger partial charge in [-0.25, -0.2) is 0 Å². The van der Waals surface area contributed by atoms with Gasteiger partial charge in [0.25, 0.3) is 5.91 Å². The highest BCUT2D eigenvalue weighted by Gasteiger charge is 2.30. The van der Waals surface area contributed by atoms with Gasteiger partial charge in [-0.2, -0.15) is 13.2 Å². The lowest BCUT2D eigenvalue weighted by Gasteiger charge is -2.36. The third-order valence-corrected chi connectivity index (χ3v) is 6.06. The average Bonchev–Trinajstić information content (AvgIpc) is 3.31. The Kier molecular flexibility index (Phi) is 7.57. The number of rotatable bonds is 7. The van der Waals surface area contributed by atoms with Crippen molar-refractivity contribution < 1.29 is 27.1 Å². The lowest BCUT2D eigenvalue weighted by atomic mass is 10.1. The normalized spacial score (nSPS) is 14.7. The molecule has 0 bridgehead atoms. The molecule has 0 spiro atoms. The summed E-state index contributed by atoms with van der Waals surface area (Å²) < 4.78 is 49.7. The number of ether oxygens (including phenoxy) is 1. The quantitative estimate of drug-likeness (QED) is 0.475. The van der Waals surface area contributed by atoms with E-state index < -0.39 is 17.6 Å². The van der Waals surface area contributed by atoms with Crippen LogP contribution in [0.5, 0.6) is 5.75 Å². The first-order chi connectivity index (χ1) is 16.7. The Hall–Kier alpha value is -3.17. The van der Waals surface area contributed by atoms with E-state index in [4.69, 9.17) is 20.8 Å². The van der Waals surface area contributed by atoms with Gasteiger partial charge in [-0.1, -0.05) is 23.7 Å². The Morgan fingerprint density at radius 1 is 1.09 bits per heavy atom. The van der Waals surface area contributed by atoms with E-state index in [2.05, 4.69) is 15.1 Å². The molecular formula is C25H25ClF3N3O3. The van der Waals surface area contributed by atoms with Gasteiger partial charge in [0, 0.05) is 37.7 Å². The van der Waals surface area contributed by atoms with Gasteiger partial charge in [0.1, 0.15) is 11.5 Å². The summed E-state index contributed by atoms with van der Waals surface area (Å²) in [4.78, 5) is 16.9. The highest BCUT2D eigenvalue weighted by molar-refractivity contribution is 6.30. The van der Waals surface area contributed by atoms with Crippen LogP contribution >= 0.6 is 11.6 Å². The molecule has 0 radical (unpaired) electrons. The number of nitrogens with one attached hydrogen (secondary N) is 1. The highest BCUT2D eigenvalue weighted by Crippen LogP contribution is 2.32. The van der Waals surface area contributed by atoms with Crippen LogP contribution in [-0.2, 0) is 19.3 Å². The van der Waals surface area contributed by atoms with Crippen LogP contribution in [0, 0.1) is 0 Å². The molecule has 186 valence electrons. The zero-order valence-electron chi connectivity index (χ0n) is 19.1. The van der Waals surface area contributed by atoms with Crippen LogP contribution in [0.15, 0.2) is 59.0 Å². The van der Waals surface area contributed by atoms with Gasteiger partial charge in [-0.05, 0) is 48.0 Å². The molecule has 0 saturated carbocycles. The van der Waals surface area contributed by atoms with Crippen LogP contribution in [0.4, 0.5) is 18.9 Å². The summed E-state index contributed by atoms with van der Waals surface area (Å²) in [5, 5.41) is 3.26. The summed E-state index contributed by atoms with van der Waals surface area (Å²) in [5.74, 6) is 1.05. The first-order valence-corrected chi connectivity index (χ1v) is 11.4. The van der Waals surface area contributed by atoms with Crippen LogP contribution in [0.25, 0.3) is 0 Å². The average molecular weight is 508 g/mol. The number of benzene rings is 2. The van der Waals surface area contributed by atoms with E-state index in [1.165, 1.54) is 12.1 Å². The number of furan rings is 1. The summed E-state index contributed by atoms with van der Waals surface area (Å²) in [6, 6.07) is 13.7. The number of piperazine rings is 1. The second kappa shape index (κ2) is 10.6. The molecule has 1 fully saturated rings. The Bertz CT molecular complexity index is 1170. The minimum Gasteiger partial charge on any atom is -0.495 e. The lowest BCUT2D eigenvalue weighted by molar-refractivity contribution is -0.137. The number of methoxy groups -OCH3 is 1. The van der Waals surface area contributed by atoms with Crippen LogP contribution in [0.1, 0.15) is 27.4 Å². The van der Waals surface area contributed by atoms with Gasteiger partial charge in [0.2, 0.25) is 0 Å². The van der Waals surface area contributed by atoms with Crippen LogP contribution in [-0.4, -0.2) is 44.1 Å². The van der Waals surface area contributed by atoms with E-state index in [-0.39, 0.29) is 12.3 Å². The van der Waals surface area contributed by atoms with Gasteiger partial charge in [-0.3, -0.25) is 9.69 Å². The molecule has 1 amide bonds. The maximum atomic E-state index is 12.9. The zero-order chi connectivity index (χ0) is 25.0. The Morgan fingerprint density at radius 2 is 1.86 bits per heavy atom. The minimum absolute atomic E-state index is 0.0340. The Labute approximate surface area is 206 Å². The zero-order valence-corrected chi connectivity index (χ0v) is 19.8. The smallest absolute Gasteiger partial charge is 0.416 e. The van der Waals surface area contributed by atoms with Gasteiger partial charge in [0.05, 0.1) is 24.9 Å². The number of alkyl halides is 3. The van der Waals surface area contributed by atoms with Crippen molar-refractivity contribution in [2.24, 2.45) is 0 Å². The minimum atomic E-state index is -4.43. The van der Waals surface area contributed by atoms with Crippen molar-refractivity contribution in [1.82, 2.24) is 10.2 Å². The maximum absolute atomic E-state index is 12.9. The number of anilines is 1. The SMILES string of the molecule is COc1ccc(Cl)cc1N1CCN(Cc2ccc(C(=O)NCc3cccc(C(F)(F)F)c3)o2)CC1. The molecule has 2 aromatic carbocycles. The first kappa shape index (κ1) is 24.9. The summed E-state index contributed by atoms with van der Waals surface area (Å²) in [5.41, 5.74) is 0.560.